The Morgan fingerprint density at radius 1 is 1.03 bits per heavy atom. The van der Waals surface area contributed by atoms with Crippen molar-refractivity contribution in [1.29, 1.82) is 0 Å². The first kappa shape index (κ1) is 19.6. The fourth-order valence-electron chi connectivity index (χ4n) is 4.44. The first-order valence-corrected chi connectivity index (χ1v) is 11.4. The Bertz CT molecular complexity index is 1010. The summed E-state index contributed by atoms with van der Waals surface area (Å²) in [5.41, 5.74) is 6.22. The molecule has 0 radical (unpaired) electrons. The van der Waals surface area contributed by atoms with Gasteiger partial charge in [0.2, 0.25) is 0 Å². The minimum Gasteiger partial charge on any atom is -0.378 e. The molecule has 29 heavy (non-hydrogen) atoms. The molecule has 1 aromatic carbocycles. The van der Waals surface area contributed by atoms with Crippen LogP contribution in [0.25, 0.3) is 0 Å². The zero-order valence-electron chi connectivity index (χ0n) is 16.4. The van der Waals surface area contributed by atoms with Crippen molar-refractivity contribution in [2.75, 3.05) is 18.4 Å². The average molecular weight is 415 g/mol. The number of sulfonamides is 1. The fourth-order valence-corrected chi connectivity index (χ4v) is 5.58. The highest BCUT2D eigenvalue weighted by Gasteiger charge is 2.28. The number of hydrogen-bond acceptors (Lipinski definition) is 5. The molecule has 1 heterocycles. The van der Waals surface area contributed by atoms with Gasteiger partial charge in [0.25, 0.3) is 15.9 Å². The van der Waals surface area contributed by atoms with Crippen LogP contribution in [0.1, 0.15) is 35.1 Å². The van der Waals surface area contributed by atoms with Gasteiger partial charge >= 0.3 is 0 Å². The van der Waals surface area contributed by atoms with Crippen LogP contribution in [-0.4, -0.2) is 27.4 Å². The second-order valence-corrected chi connectivity index (χ2v) is 9.22. The van der Waals surface area contributed by atoms with Crippen molar-refractivity contribution in [3.63, 3.8) is 0 Å². The Hall–Kier alpha value is -2.74. The zero-order chi connectivity index (χ0) is 20.6. The number of amides is 1. The Morgan fingerprint density at radius 3 is 2.24 bits per heavy atom. The van der Waals surface area contributed by atoms with E-state index in [-0.39, 0.29) is 16.4 Å². The Balaban J connectivity index is 1.60. The zero-order valence-corrected chi connectivity index (χ0v) is 17.2. The lowest BCUT2D eigenvalue weighted by Crippen LogP contribution is -2.44. The smallest absolute Gasteiger partial charge is 0.268 e. The average Bonchev–Trinajstić information content (AvgIpc) is 3.32. The molecule has 1 aromatic rings. The largest absolute Gasteiger partial charge is 0.378 e. The van der Waals surface area contributed by atoms with Gasteiger partial charge in [-0.05, 0) is 66.9 Å². The number of carbonyl (C=O) groups excluding carboxylic acids is 1. The molecule has 7 nitrogen and oxygen atoms in total. The second kappa shape index (κ2) is 7.59. The highest BCUT2D eigenvalue weighted by atomic mass is 32.2. The molecule has 0 saturated carbocycles. The van der Waals surface area contributed by atoms with Crippen LogP contribution in [-0.2, 0) is 40.5 Å². The molecular weight excluding hydrogens is 388 g/mol. The van der Waals surface area contributed by atoms with Crippen LogP contribution in [0, 0.1) is 0 Å². The molecular formula is C21H26N4O3S. The van der Waals surface area contributed by atoms with E-state index in [4.69, 9.17) is 0 Å². The third-order valence-electron chi connectivity index (χ3n) is 5.67. The second-order valence-electron chi connectivity index (χ2n) is 7.57. The number of hydrogen-bond donors (Lipinski definition) is 4. The van der Waals surface area contributed by atoms with Crippen molar-refractivity contribution in [2.24, 2.45) is 0 Å². The molecule has 1 amide bonds. The molecule has 1 aliphatic heterocycles. The summed E-state index contributed by atoms with van der Waals surface area (Å²) in [5, 5.41) is 8.70. The van der Waals surface area contributed by atoms with Gasteiger partial charge in [-0.25, -0.2) is 8.42 Å². The molecule has 1 saturated heterocycles. The minimum absolute atomic E-state index is 0.00644. The maximum absolute atomic E-state index is 12.9. The van der Waals surface area contributed by atoms with Crippen molar-refractivity contribution in [3.05, 3.63) is 64.0 Å². The number of nitrogens with one attached hydrogen (secondary N) is 4. The van der Waals surface area contributed by atoms with Gasteiger partial charge in [-0.2, -0.15) is 0 Å². The number of piperazine rings is 1. The molecule has 0 spiro atoms. The molecule has 0 unspecified atom stereocenters. The van der Waals surface area contributed by atoms with E-state index in [1.165, 1.54) is 28.3 Å². The predicted octanol–water partition coefficient (Wildman–Crippen LogP) is 1.58. The minimum atomic E-state index is -4.03. The standard InChI is InChI=1S/C21H26N4O3S/c1-3-18(20-21(26)23-11-10-22-20)29(27,28)25-13(2)24-19-16-8-4-6-14(16)12-15-7-5-9-17(15)19/h3,12,22,24-25H,1-2,4-11H2,(H,23,26)/b20-18+. The number of benzene rings is 1. The summed E-state index contributed by atoms with van der Waals surface area (Å²) in [5.74, 6) is -0.302. The van der Waals surface area contributed by atoms with Crippen LogP contribution in [0.3, 0.4) is 0 Å². The summed E-state index contributed by atoms with van der Waals surface area (Å²) in [6.45, 7) is 8.36. The number of carbonyl (C=O) groups is 1. The molecule has 0 bridgehead atoms. The maximum Gasteiger partial charge on any atom is 0.268 e. The van der Waals surface area contributed by atoms with Gasteiger partial charge < -0.3 is 16.0 Å². The first-order valence-electron chi connectivity index (χ1n) is 9.94. The van der Waals surface area contributed by atoms with Crippen LogP contribution in [0.2, 0.25) is 0 Å². The van der Waals surface area contributed by atoms with E-state index in [1.807, 2.05) is 0 Å². The molecule has 154 valence electrons. The lowest BCUT2D eigenvalue weighted by molar-refractivity contribution is -0.118. The van der Waals surface area contributed by atoms with Crippen LogP contribution in [0.15, 0.2) is 41.7 Å². The summed E-state index contributed by atoms with van der Waals surface area (Å²) in [6, 6.07) is 2.32. The van der Waals surface area contributed by atoms with Crippen LogP contribution >= 0.6 is 0 Å². The van der Waals surface area contributed by atoms with Crippen molar-refractivity contribution >= 4 is 21.6 Å². The van der Waals surface area contributed by atoms with Crippen LogP contribution in [0.5, 0.6) is 0 Å². The summed E-state index contributed by atoms with van der Waals surface area (Å²) in [6.07, 6.45) is 7.47. The Labute approximate surface area is 171 Å². The normalized spacial score (nSPS) is 19.5. The topological polar surface area (TPSA) is 99.3 Å². The Kier molecular flexibility index (Phi) is 5.12. The lowest BCUT2D eigenvalue weighted by atomic mass is 9.99. The van der Waals surface area contributed by atoms with Crippen LogP contribution in [0.4, 0.5) is 5.69 Å². The number of aryl methyl sites for hydroxylation is 2. The van der Waals surface area contributed by atoms with Gasteiger partial charge in [-0.15, -0.1) is 0 Å². The third-order valence-corrected chi connectivity index (χ3v) is 7.13. The summed E-state index contributed by atoms with van der Waals surface area (Å²) >= 11 is 0. The van der Waals surface area contributed by atoms with Gasteiger partial charge in [0.05, 0.1) is 0 Å². The van der Waals surface area contributed by atoms with E-state index in [1.54, 1.807) is 0 Å². The SMILES string of the molecule is C=C/C(=C1\NCCNC1=O)S(=O)(=O)NC(=C)Nc1c2c(cc3c1CCC3)CCC2. The molecule has 2 aliphatic carbocycles. The van der Waals surface area contributed by atoms with Crippen molar-refractivity contribution < 1.29 is 13.2 Å². The van der Waals surface area contributed by atoms with E-state index in [0.29, 0.717) is 13.1 Å². The molecule has 4 rings (SSSR count). The van der Waals surface area contributed by atoms with Gasteiger partial charge in [0, 0.05) is 18.8 Å². The van der Waals surface area contributed by atoms with E-state index < -0.39 is 15.9 Å². The summed E-state index contributed by atoms with van der Waals surface area (Å²) < 4.78 is 28.3. The van der Waals surface area contributed by atoms with E-state index >= 15 is 0 Å². The first-order chi connectivity index (χ1) is 13.9. The van der Waals surface area contributed by atoms with E-state index in [0.717, 1.165) is 44.2 Å². The van der Waals surface area contributed by atoms with E-state index in [9.17, 15) is 13.2 Å². The molecule has 3 aliphatic rings. The molecule has 0 aromatic heterocycles. The highest BCUT2D eigenvalue weighted by Crippen LogP contribution is 2.39. The third kappa shape index (κ3) is 3.64. The fraction of sp³-hybridized carbons (Fsp3) is 0.381. The van der Waals surface area contributed by atoms with Crippen LogP contribution < -0.4 is 20.7 Å². The highest BCUT2D eigenvalue weighted by molar-refractivity contribution is 7.93. The molecule has 8 heteroatoms. The van der Waals surface area contributed by atoms with Crippen molar-refractivity contribution in [2.45, 2.75) is 38.5 Å². The van der Waals surface area contributed by atoms with Crippen molar-refractivity contribution in [1.82, 2.24) is 15.4 Å². The number of anilines is 1. The Morgan fingerprint density at radius 2 is 1.66 bits per heavy atom. The predicted molar refractivity (Wildman–Crippen MR) is 114 cm³/mol. The van der Waals surface area contributed by atoms with Crippen molar-refractivity contribution in [3.8, 4) is 0 Å². The number of fused-ring (bicyclic) bond motifs is 2. The summed E-state index contributed by atoms with van der Waals surface area (Å²) in [7, 11) is -4.03. The number of allylic oxidation sites excluding steroid dienone is 1. The number of rotatable bonds is 6. The monoisotopic (exact) mass is 414 g/mol. The van der Waals surface area contributed by atoms with Gasteiger partial charge in [-0.1, -0.05) is 19.2 Å². The lowest BCUT2D eigenvalue weighted by Gasteiger charge is -2.22. The van der Waals surface area contributed by atoms with Gasteiger partial charge in [0.15, 0.2) is 0 Å². The molecule has 4 N–H and O–H groups in total. The van der Waals surface area contributed by atoms with Gasteiger partial charge in [-0.3, -0.25) is 9.52 Å². The van der Waals surface area contributed by atoms with E-state index in [2.05, 4.69) is 39.9 Å². The maximum atomic E-state index is 12.9. The molecule has 1 fully saturated rings. The quantitative estimate of drug-likeness (QED) is 0.530. The van der Waals surface area contributed by atoms with Gasteiger partial charge in [0.1, 0.15) is 16.4 Å². The summed E-state index contributed by atoms with van der Waals surface area (Å²) in [4.78, 5) is 11.9. The molecule has 0 atom stereocenters.